The van der Waals surface area contributed by atoms with Crippen LogP contribution in [0.5, 0.6) is 0 Å². The van der Waals surface area contributed by atoms with E-state index in [2.05, 4.69) is 150 Å². The number of hydrogen-bond donors (Lipinski definition) is 2. The standard InChI is InChI=1S/C41H29N3O/c1-3-10-26(11-4-1)30-22-23-36-35(24-30)38-33(16-9-17-37(38)45-36)41-43-39(29-13-5-2-6-14-29)42-40(44-41)31-21-20-28-19-18-27-12-7-8-15-32(27)34(28)25-31/h1-25,39-40,42H,(H,43,44). The zero-order valence-electron chi connectivity index (χ0n) is 24.4. The van der Waals surface area contributed by atoms with Gasteiger partial charge in [0.05, 0.1) is 0 Å². The lowest BCUT2D eigenvalue weighted by molar-refractivity contribution is 0.409. The van der Waals surface area contributed by atoms with Crippen LogP contribution in [0.2, 0.25) is 0 Å². The van der Waals surface area contributed by atoms with Crippen LogP contribution in [0.25, 0.3) is 54.6 Å². The van der Waals surface area contributed by atoms with Crippen molar-refractivity contribution < 1.29 is 4.42 Å². The van der Waals surface area contributed by atoms with Gasteiger partial charge in [0.25, 0.3) is 0 Å². The molecule has 214 valence electrons. The minimum Gasteiger partial charge on any atom is -0.456 e. The first kappa shape index (κ1) is 25.8. The Kier molecular flexibility index (Phi) is 6.00. The van der Waals surface area contributed by atoms with Crippen LogP contribution in [-0.2, 0) is 0 Å². The summed E-state index contributed by atoms with van der Waals surface area (Å²) in [6, 6.07) is 53.4. The number of furan rings is 1. The Balaban J connectivity index is 1.23. The summed E-state index contributed by atoms with van der Waals surface area (Å²) in [4.78, 5) is 5.35. The molecule has 0 radical (unpaired) electrons. The van der Waals surface area contributed by atoms with Crippen LogP contribution in [0.4, 0.5) is 0 Å². The number of rotatable bonds is 4. The number of aliphatic imine (C=N–C) groups is 1. The molecule has 0 saturated heterocycles. The van der Waals surface area contributed by atoms with Gasteiger partial charge in [-0.2, -0.15) is 0 Å². The maximum absolute atomic E-state index is 6.39. The lowest BCUT2D eigenvalue weighted by atomic mass is 9.98. The molecule has 2 heterocycles. The molecule has 7 aromatic carbocycles. The van der Waals surface area contributed by atoms with Gasteiger partial charge in [-0.3, -0.25) is 5.32 Å². The summed E-state index contributed by atoms with van der Waals surface area (Å²) in [6.45, 7) is 0. The van der Waals surface area contributed by atoms with E-state index in [4.69, 9.17) is 9.41 Å². The van der Waals surface area contributed by atoms with E-state index in [0.29, 0.717) is 0 Å². The molecule has 0 saturated carbocycles. The van der Waals surface area contributed by atoms with E-state index < -0.39 is 0 Å². The van der Waals surface area contributed by atoms with Crippen LogP contribution in [0.3, 0.4) is 0 Å². The highest BCUT2D eigenvalue weighted by atomic mass is 16.3. The molecule has 0 amide bonds. The predicted molar refractivity (Wildman–Crippen MR) is 185 cm³/mol. The Labute approximate surface area is 260 Å². The molecule has 0 fully saturated rings. The van der Waals surface area contributed by atoms with Crippen molar-refractivity contribution in [2.75, 3.05) is 0 Å². The van der Waals surface area contributed by atoms with E-state index >= 15 is 0 Å². The third-order valence-electron chi connectivity index (χ3n) is 8.94. The third kappa shape index (κ3) is 4.46. The fraction of sp³-hybridized carbons (Fsp3) is 0.0488. The van der Waals surface area contributed by atoms with Gasteiger partial charge in [-0.05, 0) is 68.1 Å². The maximum atomic E-state index is 6.39. The van der Waals surface area contributed by atoms with Crippen LogP contribution < -0.4 is 10.6 Å². The minimum absolute atomic E-state index is 0.139. The van der Waals surface area contributed by atoms with E-state index in [9.17, 15) is 0 Å². The molecule has 9 rings (SSSR count). The Bertz CT molecular complexity index is 2390. The van der Waals surface area contributed by atoms with E-state index in [1.165, 1.54) is 27.1 Å². The summed E-state index contributed by atoms with van der Waals surface area (Å²) < 4.78 is 6.39. The molecule has 2 unspecified atom stereocenters. The normalized spacial score (nSPS) is 16.7. The molecule has 1 aromatic heterocycles. The van der Waals surface area contributed by atoms with Crippen molar-refractivity contribution in [2.24, 2.45) is 4.99 Å². The number of amidine groups is 1. The van der Waals surface area contributed by atoms with Gasteiger partial charge in [-0.1, -0.05) is 127 Å². The summed E-state index contributed by atoms with van der Waals surface area (Å²) in [5, 5.41) is 14.6. The van der Waals surface area contributed by atoms with Gasteiger partial charge in [0, 0.05) is 16.3 Å². The van der Waals surface area contributed by atoms with E-state index in [-0.39, 0.29) is 12.3 Å². The van der Waals surface area contributed by atoms with Gasteiger partial charge in [0.1, 0.15) is 29.3 Å². The smallest absolute Gasteiger partial charge is 0.136 e. The number of benzene rings is 7. The molecule has 8 aromatic rings. The number of fused-ring (bicyclic) bond motifs is 6. The van der Waals surface area contributed by atoms with Crippen LogP contribution in [0.15, 0.2) is 161 Å². The van der Waals surface area contributed by atoms with Crippen LogP contribution in [0, 0.1) is 0 Å². The van der Waals surface area contributed by atoms with E-state index in [1.807, 2.05) is 12.1 Å². The quantitative estimate of drug-likeness (QED) is 0.204. The Morgan fingerprint density at radius 1 is 0.511 bits per heavy atom. The molecule has 0 bridgehead atoms. The molecule has 0 spiro atoms. The van der Waals surface area contributed by atoms with E-state index in [0.717, 1.165) is 50.0 Å². The van der Waals surface area contributed by atoms with Crippen molar-refractivity contribution in [3.05, 3.63) is 168 Å². The Morgan fingerprint density at radius 3 is 2.13 bits per heavy atom. The largest absolute Gasteiger partial charge is 0.456 e. The molecule has 2 N–H and O–H groups in total. The first-order valence-corrected chi connectivity index (χ1v) is 15.4. The van der Waals surface area contributed by atoms with Gasteiger partial charge in [0.15, 0.2) is 0 Å². The Hall–Kier alpha value is -5.71. The molecule has 1 aliphatic heterocycles. The second kappa shape index (κ2) is 10.5. The first-order valence-electron chi connectivity index (χ1n) is 15.4. The zero-order valence-corrected chi connectivity index (χ0v) is 24.4. The number of hydrogen-bond acceptors (Lipinski definition) is 4. The van der Waals surface area contributed by atoms with Crippen LogP contribution >= 0.6 is 0 Å². The SMILES string of the molecule is c1ccc(-c2ccc3oc4cccc(C5=NC(c6ccc7ccc8ccccc8c7c6)NC(c6ccccc6)N5)c4c3c2)cc1. The maximum Gasteiger partial charge on any atom is 0.136 e. The molecule has 45 heavy (non-hydrogen) atoms. The second-order valence-corrected chi connectivity index (χ2v) is 11.7. The van der Waals surface area contributed by atoms with Gasteiger partial charge in [-0.15, -0.1) is 0 Å². The average molecular weight is 580 g/mol. The lowest BCUT2D eigenvalue weighted by Gasteiger charge is -2.32. The fourth-order valence-corrected chi connectivity index (χ4v) is 6.71. The molecular weight excluding hydrogens is 550 g/mol. The second-order valence-electron chi connectivity index (χ2n) is 11.7. The monoisotopic (exact) mass is 579 g/mol. The summed E-state index contributed by atoms with van der Waals surface area (Å²) >= 11 is 0. The fourth-order valence-electron chi connectivity index (χ4n) is 6.71. The van der Waals surface area contributed by atoms with Crippen molar-refractivity contribution in [1.82, 2.24) is 10.6 Å². The molecule has 1 aliphatic rings. The molecule has 0 aliphatic carbocycles. The van der Waals surface area contributed by atoms with Crippen LogP contribution in [0.1, 0.15) is 29.0 Å². The Morgan fingerprint density at radius 2 is 1.27 bits per heavy atom. The molecular formula is C41H29N3O. The van der Waals surface area contributed by atoms with Gasteiger partial charge in [0.2, 0.25) is 0 Å². The highest BCUT2D eigenvalue weighted by molar-refractivity contribution is 6.18. The van der Waals surface area contributed by atoms with Crippen molar-refractivity contribution in [3.8, 4) is 11.1 Å². The van der Waals surface area contributed by atoms with Crippen molar-refractivity contribution in [2.45, 2.75) is 12.3 Å². The topological polar surface area (TPSA) is 49.6 Å². The van der Waals surface area contributed by atoms with Gasteiger partial charge in [-0.25, -0.2) is 4.99 Å². The van der Waals surface area contributed by atoms with Crippen LogP contribution in [-0.4, -0.2) is 5.84 Å². The minimum atomic E-state index is -0.261. The number of nitrogens with one attached hydrogen (secondary N) is 2. The average Bonchev–Trinajstić information content (AvgIpc) is 3.50. The number of nitrogens with zero attached hydrogens (tertiary/aromatic N) is 1. The van der Waals surface area contributed by atoms with Gasteiger partial charge >= 0.3 is 0 Å². The van der Waals surface area contributed by atoms with E-state index in [1.54, 1.807) is 0 Å². The summed E-state index contributed by atoms with van der Waals surface area (Å²) in [6.07, 6.45) is -0.400. The molecule has 4 nitrogen and oxygen atoms in total. The predicted octanol–water partition coefficient (Wildman–Crippen LogP) is 9.90. The lowest BCUT2D eigenvalue weighted by Crippen LogP contribution is -2.45. The van der Waals surface area contributed by atoms with Crippen molar-refractivity contribution >= 4 is 49.3 Å². The summed E-state index contributed by atoms with van der Waals surface area (Å²) in [7, 11) is 0. The van der Waals surface area contributed by atoms with Crippen molar-refractivity contribution in [1.29, 1.82) is 0 Å². The molecule has 2 atom stereocenters. The summed E-state index contributed by atoms with van der Waals surface area (Å²) in [5.41, 5.74) is 7.34. The van der Waals surface area contributed by atoms with Crippen molar-refractivity contribution in [3.63, 3.8) is 0 Å². The highest BCUT2D eigenvalue weighted by Gasteiger charge is 2.27. The highest BCUT2D eigenvalue weighted by Crippen LogP contribution is 2.36. The molecule has 4 heteroatoms. The van der Waals surface area contributed by atoms with Gasteiger partial charge < -0.3 is 9.73 Å². The zero-order chi connectivity index (χ0) is 29.7. The first-order chi connectivity index (χ1) is 22.3. The summed E-state index contributed by atoms with van der Waals surface area (Å²) in [5.74, 6) is 0.837. The third-order valence-corrected chi connectivity index (χ3v) is 8.94.